The number of carbonyl (C=O) groups is 1. The predicted octanol–water partition coefficient (Wildman–Crippen LogP) is 2.43. The Morgan fingerprint density at radius 1 is 1.07 bits per heavy atom. The van der Waals surface area contributed by atoms with Crippen molar-refractivity contribution in [3.63, 3.8) is 0 Å². The van der Waals surface area contributed by atoms with Crippen molar-refractivity contribution in [2.45, 2.75) is 6.42 Å². The van der Waals surface area contributed by atoms with Crippen LogP contribution >= 0.6 is 0 Å². The van der Waals surface area contributed by atoms with Gasteiger partial charge >= 0.3 is 5.69 Å². The van der Waals surface area contributed by atoms with Crippen molar-refractivity contribution < 1.29 is 14.3 Å². The summed E-state index contributed by atoms with van der Waals surface area (Å²) in [5.74, 6) is 1.10. The largest absolute Gasteiger partial charge is 0.497 e. The first-order valence-corrected chi connectivity index (χ1v) is 8.76. The molecule has 7 heteroatoms. The van der Waals surface area contributed by atoms with Gasteiger partial charge in [-0.15, -0.1) is 0 Å². The molecule has 0 radical (unpaired) electrons. The Bertz CT molecular complexity index is 1010. The van der Waals surface area contributed by atoms with Gasteiger partial charge in [0.05, 0.1) is 19.9 Å². The lowest BCUT2D eigenvalue weighted by molar-refractivity contribution is 0.0948. The molecule has 144 valence electrons. The first kappa shape index (κ1) is 19.2. The number of hydrogen-bond acceptors (Lipinski definition) is 5. The Kier molecular flexibility index (Phi) is 6.06. The summed E-state index contributed by atoms with van der Waals surface area (Å²) in [5.41, 5.74) is 1.71. The van der Waals surface area contributed by atoms with Crippen molar-refractivity contribution in [1.29, 1.82) is 0 Å². The van der Waals surface area contributed by atoms with Crippen LogP contribution in [0.25, 0.3) is 11.3 Å². The molecule has 0 saturated heterocycles. The van der Waals surface area contributed by atoms with Crippen LogP contribution in [0.15, 0.2) is 59.4 Å². The molecule has 1 heterocycles. The Balaban J connectivity index is 1.71. The second-order valence-electron chi connectivity index (χ2n) is 6.03. The molecule has 0 spiro atoms. The van der Waals surface area contributed by atoms with E-state index < -0.39 is 5.69 Å². The smallest absolute Gasteiger partial charge is 0.346 e. The van der Waals surface area contributed by atoms with Gasteiger partial charge in [0.15, 0.2) is 0 Å². The van der Waals surface area contributed by atoms with Gasteiger partial charge in [-0.2, -0.15) is 4.98 Å². The number of carbonyl (C=O) groups excluding carboxylic acids is 1. The third kappa shape index (κ3) is 4.56. The van der Waals surface area contributed by atoms with Crippen LogP contribution in [0.1, 0.15) is 16.1 Å². The van der Waals surface area contributed by atoms with E-state index in [1.54, 1.807) is 44.6 Å². The van der Waals surface area contributed by atoms with Gasteiger partial charge in [-0.25, -0.2) is 4.79 Å². The van der Waals surface area contributed by atoms with Crippen molar-refractivity contribution in [3.8, 4) is 22.8 Å². The van der Waals surface area contributed by atoms with Crippen LogP contribution in [0.4, 0.5) is 0 Å². The molecule has 28 heavy (non-hydrogen) atoms. The summed E-state index contributed by atoms with van der Waals surface area (Å²) in [6.45, 7) is 0.404. The monoisotopic (exact) mass is 379 g/mol. The standard InChI is InChI=1S/C21H21N3O4/c1-27-16-9-7-14(8-10-16)17-13-18(24-21(26)23-17)20(25)22-12-11-15-5-3-4-6-19(15)28-2/h3-10,13H,11-12H2,1-2H3,(H,22,25)(H,23,24,26). The molecule has 0 bridgehead atoms. The van der Waals surface area contributed by atoms with Gasteiger partial charge in [0.1, 0.15) is 17.2 Å². The fourth-order valence-corrected chi connectivity index (χ4v) is 2.81. The molecule has 3 rings (SSSR count). The molecule has 3 aromatic rings. The van der Waals surface area contributed by atoms with Gasteiger partial charge in [0, 0.05) is 12.1 Å². The highest BCUT2D eigenvalue weighted by Crippen LogP contribution is 2.20. The number of rotatable bonds is 7. The second-order valence-corrected chi connectivity index (χ2v) is 6.03. The van der Waals surface area contributed by atoms with Crippen LogP contribution in [-0.4, -0.2) is 36.6 Å². The summed E-state index contributed by atoms with van der Waals surface area (Å²) < 4.78 is 10.4. The minimum atomic E-state index is -0.580. The van der Waals surface area contributed by atoms with Crippen LogP contribution in [0, 0.1) is 0 Å². The number of aromatic amines is 1. The highest BCUT2D eigenvalue weighted by atomic mass is 16.5. The molecule has 0 aliphatic rings. The molecule has 0 unspecified atom stereocenters. The lowest BCUT2D eigenvalue weighted by Crippen LogP contribution is -2.29. The average Bonchev–Trinajstić information content (AvgIpc) is 2.73. The van der Waals surface area contributed by atoms with Crippen molar-refractivity contribution in [3.05, 3.63) is 76.3 Å². The Morgan fingerprint density at radius 3 is 2.54 bits per heavy atom. The van der Waals surface area contributed by atoms with E-state index in [0.717, 1.165) is 16.9 Å². The summed E-state index contributed by atoms with van der Waals surface area (Å²) in [4.78, 5) is 30.8. The first-order chi connectivity index (χ1) is 13.6. The average molecular weight is 379 g/mol. The van der Waals surface area contributed by atoms with E-state index in [-0.39, 0.29) is 11.6 Å². The lowest BCUT2D eigenvalue weighted by atomic mass is 10.1. The summed E-state index contributed by atoms with van der Waals surface area (Å²) in [7, 11) is 3.19. The van der Waals surface area contributed by atoms with Crippen molar-refractivity contribution in [2.75, 3.05) is 20.8 Å². The number of ether oxygens (including phenoxy) is 2. The third-order valence-corrected chi connectivity index (χ3v) is 4.25. The summed E-state index contributed by atoms with van der Waals surface area (Å²) >= 11 is 0. The van der Waals surface area contributed by atoms with Gasteiger partial charge in [-0.3, -0.25) is 4.79 Å². The fraction of sp³-hybridized carbons (Fsp3) is 0.190. The predicted molar refractivity (Wildman–Crippen MR) is 106 cm³/mol. The van der Waals surface area contributed by atoms with Gasteiger partial charge in [0.2, 0.25) is 0 Å². The number of aromatic nitrogens is 2. The molecule has 0 aliphatic carbocycles. The second kappa shape index (κ2) is 8.85. The molecular weight excluding hydrogens is 358 g/mol. The third-order valence-electron chi connectivity index (χ3n) is 4.25. The van der Waals surface area contributed by atoms with Gasteiger partial charge in [-0.05, 0) is 48.4 Å². The zero-order valence-corrected chi connectivity index (χ0v) is 15.7. The lowest BCUT2D eigenvalue weighted by Gasteiger charge is -2.09. The zero-order chi connectivity index (χ0) is 19.9. The molecule has 0 aliphatic heterocycles. The molecule has 2 aromatic carbocycles. The van der Waals surface area contributed by atoms with Crippen LogP contribution in [-0.2, 0) is 6.42 Å². The van der Waals surface area contributed by atoms with Crippen LogP contribution in [0.5, 0.6) is 11.5 Å². The molecule has 7 nitrogen and oxygen atoms in total. The number of nitrogens with zero attached hydrogens (tertiary/aromatic N) is 1. The highest BCUT2D eigenvalue weighted by Gasteiger charge is 2.11. The SMILES string of the molecule is COc1ccc(-c2cc(C(=O)NCCc3ccccc3OC)[nH]c(=O)n2)cc1. The number of methoxy groups -OCH3 is 2. The Morgan fingerprint density at radius 2 is 1.82 bits per heavy atom. The van der Waals surface area contributed by atoms with E-state index in [1.165, 1.54) is 0 Å². The minimum absolute atomic E-state index is 0.158. The van der Waals surface area contributed by atoms with Gasteiger partial charge < -0.3 is 19.8 Å². The number of para-hydroxylation sites is 1. The minimum Gasteiger partial charge on any atom is -0.497 e. The van der Waals surface area contributed by atoms with Crippen molar-refractivity contribution >= 4 is 5.91 Å². The number of hydrogen-bond donors (Lipinski definition) is 2. The van der Waals surface area contributed by atoms with Crippen molar-refractivity contribution in [2.24, 2.45) is 0 Å². The van der Waals surface area contributed by atoms with E-state index in [2.05, 4.69) is 15.3 Å². The van der Waals surface area contributed by atoms with Gasteiger partial charge in [0.25, 0.3) is 5.91 Å². The number of benzene rings is 2. The molecule has 1 aromatic heterocycles. The number of amides is 1. The normalized spacial score (nSPS) is 10.4. The maximum Gasteiger partial charge on any atom is 0.346 e. The zero-order valence-electron chi connectivity index (χ0n) is 15.7. The molecule has 2 N–H and O–H groups in total. The molecular formula is C21H21N3O4. The summed E-state index contributed by atoms with van der Waals surface area (Å²) in [6.07, 6.45) is 0.608. The first-order valence-electron chi connectivity index (χ1n) is 8.76. The summed E-state index contributed by atoms with van der Waals surface area (Å²) in [5, 5.41) is 2.81. The van der Waals surface area contributed by atoms with E-state index in [9.17, 15) is 9.59 Å². The van der Waals surface area contributed by atoms with E-state index >= 15 is 0 Å². The topological polar surface area (TPSA) is 93.3 Å². The highest BCUT2D eigenvalue weighted by molar-refractivity contribution is 5.93. The van der Waals surface area contributed by atoms with E-state index in [4.69, 9.17) is 9.47 Å². The molecule has 0 atom stereocenters. The van der Waals surface area contributed by atoms with Crippen LogP contribution < -0.4 is 20.5 Å². The van der Waals surface area contributed by atoms with Crippen LogP contribution in [0.3, 0.4) is 0 Å². The number of nitrogens with one attached hydrogen (secondary N) is 2. The fourth-order valence-electron chi connectivity index (χ4n) is 2.81. The molecule has 0 fully saturated rings. The molecule has 1 amide bonds. The van der Waals surface area contributed by atoms with Crippen LogP contribution in [0.2, 0.25) is 0 Å². The number of H-pyrrole nitrogens is 1. The maximum absolute atomic E-state index is 12.5. The van der Waals surface area contributed by atoms with E-state index in [0.29, 0.717) is 24.4 Å². The Hall–Kier alpha value is -3.61. The van der Waals surface area contributed by atoms with E-state index in [1.807, 2.05) is 24.3 Å². The quantitative estimate of drug-likeness (QED) is 0.658. The summed E-state index contributed by atoms with van der Waals surface area (Å²) in [6, 6.07) is 16.3. The van der Waals surface area contributed by atoms with Crippen molar-refractivity contribution in [1.82, 2.24) is 15.3 Å². The molecule has 0 saturated carbocycles. The van der Waals surface area contributed by atoms with Gasteiger partial charge in [-0.1, -0.05) is 18.2 Å². The Labute approximate surface area is 162 Å². The maximum atomic E-state index is 12.5.